The summed E-state index contributed by atoms with van der Waals surface area (Å²) >= 11 is 0. The highest BCUT2D eigenvalue weighted by Crippen LogP contribution is 2.21. The Balaban J connectivity index is 2.15. The molecule has 20 heavy (non-hydrogen) atoms. The fourth-order valence-electron chi connectivity index (χ4n) is 1.77. The Morgan fingerprint density at radius 2 is 1.90 bits per heavy atom. The molecule has 4 nitrogen and oxygen atoms in total. The van der Waals surface area contributed by atoms with E-state index in [0.29, 0.717) is 23.6 Å². The van der Waals surface area contributed by atoms with Crippen molar-refractivity contribution in [2.24, 2.45) is 0 Å². The van der Waals surface area contributed by atoms with Crippen LogP contribution in [0.25, 0.3) is 0 Å². The summed E-state index contributed by atoms with van der Waals surface area (Å²) in [6.45, 7) is 1.77. The monoisotopic (exact) mass is 268 g/mol. The van der Waals surface area contributed by atoms with Gasteiger partial charge in [-0.25, -0.2) is 0 Å². The minimum Gasteiger partial charge on any atom is -0.489 e. The molecule has 0 saturated heterocycles. The zero-order chi connectivity index (χ0) is 14.5. The first-order valence-electron chi connectivity index (χ1n) is 6.24. The second-order valence-corrected chi connectivity index (χ2v) is 4.45. The van der Waals surface area contributed by atoms with E-state index in [1.807, 2.05) is 30.3 Å². The Morgan fingerprint density at radius 1 is 1.20 bits per heavy atom. The third-order valence-corrected chi connectivity index (χ3v) is 2.89. The van der Waals surface area contributed by atoms with Crippen molar-refractivity contribution < 1.29 is 9.53 Å². The molecular weight excluding hydrogens is 252 g/mol. The van der Waals surface area contributed by atoms with Crippen LogP contribution >= 0.6 is 0 Å². The summed E-state index contributed by atoms with van der Waals surface area (Å²) in [6.07, 6.45) is 0. The van der Waals surface area contributed by atoms with Crippen LogP contribution in [0.4, 0.5) is 5.69 Å². The summed E-state index contributed by atoms with van der Waals surface area (Å²) in [5, 5.41) is 7.73. The lowest BCUT2D eigenvalue weighted by Crippen LogP contribution is -2.12. The molecule has 0 aliphatic carbocycles. The van der Waals surface area contributed by atoms with Crippen molar-refractivity contribution in [3.63, 3.8) is 0 Å². The van der Waals surface area contributed by atoms with Crippen molar-refractivity contribution in [1.29, 1.82) is 5.41 Å². The summed E-state index contributed by atoms with van der Waals surface area (Å²) in [5.74, 6) is 0.265. The number of Topliss-reactive ketones (excluding diaryl/α,β-unsaturated/α-hetero) is 1. The second kappa shape index (κ2) is 6.02. The van der Waals surface area contributed by atoms with E-state index >= 15 is 0 Å². The standard InChI is InChI=1S/C16H16N2O2/c1-11(19)16(18)14-9-13(7-8-15(14)17)20-10-12-5-3-2-4-6-12/h2-9,18H,10,17H2,1H3. The maximum Gasteiger partial charge on any atom is 0.178 e. The number of ketones is 1. The lowest BCUT2D eigenvalue weighted by molar-refractivity contribution is -0.111. The zero-order valence-electron chi connectivity index (χ0n) is 11.2. The van der Waals surface area contributed by atoms with Gasteiger partial charge in [0.05, 0.1) is 0 Å². The van der Waals surface area contributed by atoms with Gasteiger partial charge < -0.3 is 10.5 Å². The molecule has 3 N–H and O–H groups in total. The van der Waals surface area contributed by atoms with Gasteiger partial charge in [0, 0.05) is 18.2 Å². The van der Waals surface area contributed by atoms with E-state index in [0.717, 1.165) is 5.56 Å². The summed E-state index contributed by atoms with van der Waals surface area (Å²) in [6, 6.07) is 14.8. The molecule has 0 aromatic heterocycles. The van der Waals surface area contributed by atoms with Gasteiger partial charge in [0.15, 0.2) is 5.78 Å². The molecule has 0 spiro atoms. The molecule has 2 aromatic rings. The summed E-state index contributed by atoms with van der Waals surface area (Å²) in [5.41, 5.74) is 7.54. The lowest BCUT2D eigenvalue weighted by Gasteiger charge is -2.10. The first-order chi connectivity index (χ1) is 9.58. The van der Waals surface area contributed by atoms with Gasteiger partial charge in [-0.15, -0.1) is 0 Å². The molecule has 2 rings (SSSR count). The van der Waals surface area contributed by atoms with E-state index in [9.17, 15) is 4.79 Å². The number of nitrogen functional groups attached to an aromatic ring is 1. The van der Waals surface area contributed by atoms with E-state index in [1.54, 1.807) is 18.2 Å². The van der Waals surface area contributed by atoms with Crippen LogP contribution in [0.3, 0.4) is 0 Å². The molecule has 0 aliphatic rings. The van der Waals surface area contributed by atoms with Gasteiger partial charge in [-0.05, 0) is 23.8 Å². The number of anilines is 1. The molecule has 0 aliphatic heterocycles. The number of benzene rings is 2. The number of carbonyl (C=O) groups is 1. The molecule has 0 heterocycles. The normalized spacial score (nSPS) is 10.1. The van der Waals surface area contributed by atoms with Crippen LogP contribution in [-0.2, 0) is 11.4 Å². The van der Waals surface area contributed by atoms with Crippen LogP contribution in [0.1, 0.15) is 18.1 Å². The van der Waals surface area contributed by atoms with Crippen LogP contribution < -0.4 is 10.5 Å². The molecule has 102 valence electrons. The Morgan fingerprint density at radius 3 is 2.55 bits per heavy atom. The Kier molecular flexibility index (Phi) is 4.15. The first-order valence-corrected chi connectivity index (χ1v) is 6.24. The van der Waals surface area contributed by atoms with Gasteiger partial charge in [-0.1, -0.05) is 30.3 Å². The van der Waals surface area contributed by atoms with Crippen LogP contribution in [0, 0.1) is 5.41 Å². The van der Waals surface area contributed by atoms with Gasteiger partial charge in [-0.2, -0.15) is 0 Å². The van der Waals surface area contributed by atoms with Crippen LogP contribution in [0.15, 0.2) is 48.5 Å². The Labute approximate surface area is 117 Å². The number of hydrogen-bond donors (Lipinski definition) is 2. The van der Waals surface area contributed by atoms with E-state index in [2.05, 4.69) is 0 Å². The van der Waals surface area contributed by atoms with E-state index in [1.165, 1.54) is 6.92 Å². The van der Waals surface area contributed by atoms with Crippen molar-refractivity contribution in [3.8, 4) is 5.75 Å². The predicted molar refractivity (Wildman–Crippen MR) is 79.1 cm³/mol. The minimum absolute atomic E-state index is 0.104. The van der Waals surface area contributed by atoms with Gasteiger partial charge in [0.25, 0.3) is 0 Å². The number of carbonyl (C=O) groups excluding carboxylic acids is 1. The van der Waals surface area contributed by atoms with Gasteiger partial charge in [0.2, 0.25) is 0 Å². The molecule has 0 atom stereocenters. The average molecular weight is 268 g/mol. The molecule has 4 heteroatoms. The van der Waals surface area contributed by atoms with Gasteiger partial charge in [0.1, 0.15) is 18.1 Å². The SMILES string of the molecule is CC(=O)C(=N)c1cc(OCc2ccccc2)ccc1N. The van der Waals surface area contributed by atoms with Crippen molar-refractivity contribution in [1.82, 2.24) is 0 Å². The van der Waals surface area contributed by atoms with Crippen molar-refractivity contribution in [3.05, 3.63) is 59.7 Å². The summed E-state index contributed by atoms with van der Waals surface area (Å²) in [4.78, 5) is 11.3. The molecule has 0 bridgehead atoms. The Bertz CT molecular complexity index is 636. The van der Waals surface area contributed by atoms with E-state index < -0.39 is 0 Å². The first kappa shape index (κ1) is 13.8. The molecule has 0 amide bonds. The van der Waals surface area contributed by atoms with Crippen LogP contribution in [0.5, 0.6) is 5.75 Å². The zero-order valence-corrected chi connectivity index (χ0v) is 11.2. The maximum atomic E-state index is 11.3. The van der Waals surface area contributed by atoms with E-state index in [-0.39, 0.29) is 11.5 Å². The van der Waals surface area contributed by atoms with Gasteiger partial charge >= 0.3 is 0 Å². The van der Waals surface area contributed by atoms with Crippen LogP contribution in [0.2, 0.25) is 0 Å². The predicted octanol–water partition coefficient (Wildman–Crippen LogP) is 2.80. The molecule has 0 saturated carbocycles. The van der Waals surface area contributed by atoms with Gasteiger partial charge in [-0.3, -0.25) is 10.2 Å². The quantitative estimate of drug-likeness (QED) is 0.646. The number of nitrogens with two attached hydrogens (primary N) is 1. The highest BCUT2D eigenvalue weighted by Gasteiger charge is 2.11. The number of hydrogen-bond acceptors (Lipinski definition) is 4. The molecule has 0 unspecified atom stereocenters. The number of nitrogens with one attached hydrogen (secondary N) is 1. The van der Waals surface area contributed by atoms with E-state index in [4.69, 9.17) is 15.9 Å². The van der Waals surface area contributed by atoms with Crippen molar-refractivity contribution in [2.75, 3.05) is 5.73 Å². The topological polar surface area (TPSA) is 76.2 Å². The minimum atomic E-state index is -0.322. The Hall–Kier alpha value is -2.62. The van der Waals surface area contributed by atoms with Crippen molar-refractivity contribution >= 4 is 17.2 Å². The van der Waals surface area contributed by atoms with Crippen LogP contribution in [-0.4, -0.2) is 11.5 Å². The van der Waals surface area contributed by atoms with Crippen molar-refractivity contribution in [2.45, 2.75) is 13.5 Å². The average Bonchev–Trinajstić information content (AvgIpc) is 2.46. The summed E-state index contributed by atoms with van der Waals surface area (Å²) in [7, 11) is 0. The molecular formula is C16H16N2O2. The third-order valence-electron chi connectivity index (χ3n) is 2.89. The highest BCUT2D eigenvalue weighted by atomic mass is 16.5. The highest BCUT2D eigenvalue weighted by molar-refractivity contribution is 6.45. The number of rotatable bonds is 5. The second-order valence-electron chi connectivity index (χ2n) is 4.45. The smallest absolute Gasteiger partial charge is 0.178 e. The molecule has 2 aromatic carbocycles. The third kappa shape index (κ3) is 3.23. The lowest BCUT2D eigenvalue weighted by atomic mass is 10.1. The largest absolute Gasteiger partial charge is 0.489 e. The fourth-order valence-corrected chi connectivity index (χ4v) is 1.77. The summed E-state index contributed by atoms with van der Waals surface area (Å²) < 4.78 is 5.65. The molecule has 0 radical (unpaired) electrons. The number of ether oxygens (including phenoxy) is 1. The molecule has 0 fully saturated rings. The maximum absolute atomic E-state index is 11.3. The fraction of sp³-hybridized carbons (Fsp3) is 0.125.